The minimum absolute atomic E-state index is 0. The number of nitrogens with two attached hydrogens (primary N) is 1. The molecule has 6 heteroatoms. The highest BCUT2D eigenvalue weighted by atomic mass is 127. The molecule has 1 unspecified atom stereocenters. The number of morpholine rings is 1. The van der Waals surface area contributed by atoms with Gasteiger partial charge in [0.2, 0.25) is 0 Å². The van der Waals surface area contributed by atoms with Crippen LogP contribution < -0.4 is 11.1 Å². The third kappa shape index (κ3) is 7.81. The summed E-state index contributed by atoms with van der Waals surface area (Å²) in [7, 11) is 0. The molecule has 0 saturated carbocycles. The van der Waals surface area contributed by atoms with Gasteiger partial charge in [-0.1, -0.05) is 38.1 Å². The highest BCUT2D eigenvalue weighted by Crippen LogP contribution is 2.12. The van der Waals surface area contributed by atoms with E-state index in [9.17, 15) is 0 Å². The van der Waals surface area contributed by atoms with E-state index in [1.165, 1.54) is 11.1 Å². The van der Waals surface area contributed by atoms with Gasteiger partial charge in [0, 0.05) is 26.2 Å². The van der Waals surface area contributed by atoms with Crippen LogP contribution in [0.1, 0.15) is 31.9 Å². The Balaban J connectivity index is 0.00000288. The molecule has 1 aliphatic heterocycles. The second-order valence-corrected chi connectivity index (χ2v) is 6.71. The Morgan fingerprint density at radius 2 is 2.17 bits per heavy atom. The molecule has 0 spiro atoms. The van der Waals surface area contributed by atoms with Gasteiger partial charge in [-0.05, 0) is 24.0 Å². The molecule has 2 rings (SSSR count). The number of nitrogens with zero attached hydrogens (tertiary/aromatic N) is 2. The van der Waals surface area contributed by atoms with Crippen molar-refractivity contribution in [3.05, 3.63) is 35.4 Å². The van der Waals surface area contributed by atoms with Crippen LogP contribution in [0.25, 0.3) is 0 Å². The molecular formula is C18H31IN4O. The topological polar surface area (TPSA) is 62.9 Å². The summed E-state index contributed by atoms with van der Waals surface area (Å²) in [5.41, 5.74) is 8.40. The summed E-state index contributed by atoms with van der Waals surface area (Å²) in [4.78, 5) is 6.86. The highest BCUT2D eigenvalue weighted by Gasteiger charge is 2.16. The molecule has 1 aromatic rings. The molecule has 0 amide bonds. The third-order valence-corrected chi connectivity index (χ3v) is 3.85. The summed E-state index contributed by atoms with van der Waals surface area (Å²) < 4.78 is 5.59. The summed E-state index contributed by atoms with van der Waals surface area (Å²) >= 11 is 0. The molecule has 0 aliphatic carbocycles. The lowest BCUT2D eigenvalue weighted by Crippen LogP contribution is -2.40. The van der Waals surface area contributed by atoms with Crippen LogP contribution in [-0.2, 0) is 17.8 Å². The molecule has 3 N–H and O–H groups in total. The van der Waals surface area contributed by atoms with Crippen LogP contribution in [0.4, 0.5) is 0 Å². The SMILES string of the molecule is CC(C)CNC(N)=NCc1cccc(CN2CCOC(C)C2)c1.I. The molecule has 1 fully saturated rings. The third-order valence-electron chi connectivity index (χ3n) is 3.85. The van der Waals surface area contributed by atoms with Crippen LogP contribution in [0.3, 0.4) is 0 Å². The number of rotatable bonds is 6. The van der Waals surface area contributed by atoms with Crippen molar-refractivity contribution in [3.8, 4) is 0 Å². The first-order valence-corrected chi connectivity index (χ1v) is 8.48. The van der Waals surface area contributed by atoms with Gasteiger partial charge in [-0.3, -0.25) is 4.90 Å². The summed E-state index contributed by atoms with van der Waals surface area (Å²) in [5.74, 6) is 1.08. The van der Waals surface area contributed by atoms with E-state index in [1.54, 1.807) is 0 Å². The van der Waals surface area contributed by atoms with Gasteiger partial charge in [0.05, 0.1) is 19.3 Å². The first-order valence-electron chi connectivity index (χ1n) is 8.48. The van der Waals surface area contributed by atoms with Crippen LogP contribution in [0, 0.1) is 5.92 Å². The maximum Gasteiger partial charge on any atom is 0.188 e. The molecule has 1 aliphatic rings. The van der Waals surface area contributed by atoms with E-state index >= 15 is 0 Å². The lowest BCUT2D eigenvalue weighted by molar-refractivity contribution is -0.0212. The maximum atomic E-state index is 5.89. The number of hydrogen-bond donors (Lipinski definition) is 2. The van der Waals surface area contributed by atoms with Crippen LogP contribution in [0.2, 0.25) is 0 Å². The van der Waals surface area contributed by atoms with E-state index in [2.05, 4.69) is 60.2 Å². The maximum absolute atomic E-state index is 5.89. The number of aliphatic imine (C=N–C) groups is 1. The first-order chi connectivity index (χ1) is 11.0. The molecule has 0 bridgehead atoms. The van der Waals surface area contributed by atoms with Gasteiger partial charge >= 0.3 is 0 Å². The first kappa shape index (κ1) is 21.2. The highest BCUT2D eigenvalue weighted by molar-refractivity contribution is 14.0. The molecule has 1 atom stereocenters. The smallest absolute Gasteiger partial charge is 0.188 e. The molecule has 0 radical (unpaired) electrons. The lowest BCUT2D eigenvalue weighted by atomic mass is 10.1. The van der Waals surface area contributed by atoms with E-state index in [-0.39, 0.29) is 24.0 Å². The minimum Gasteiger partial charge on any atom is -0.376 e. The zero-order chi connectivity index (χ0) is 16.7. The van der Waals surface area contributed by atoms with E-state index in [1.807, 2.05) is 0 Å². The normalized spacial score (nSPS) is 19.2. The van der Waals surface area contributed by atoms with Gasteiger partial charge in [-0.15, -0.1) is 24.0 Å². The van der Waals surface area contributed by atoms with Crippen molar-refractivity contribution in [3.63, 3.8) is 0 Å². The van der Waals surface area contributed by atoms with Gasteiger partial charge < -0.3 is 15.8 Å². The fraction of sp³-hybridized carbons (Fsp3) is 0.611. The van der Waals surface area contributed by atoms with Crippen molar-refractivity contribution >= 4 is 29.9 Å². The van der Waals surface area contributed by atoms with E-state index in [0.717, 1.165) is 32.8 Å². The summed E-state index contributed by atoms with van der Waals surface area (Å²) in [6, 6.07) is 8.60. The van der Waals surface area contributed by atoms with Gasteiger partial charge in [-0.25, -0.2) is 4.99 Å². The average molecular weight is 446 g/mol. The van der Waals surface area contributed by atoms with Gasteiger partial charge in [0.1, 0.15) is 0 Å². The summed E-state index contributed by atoms with van der Waals surface area (Å²) in [6.45, 7) is 11.7. The zero-order valence-electron chi connectivity index (χ0n) is 15.0. The predicted molar refractivity (Wildman–Crippen MR) is 111 cm³/mol. The Labute approximate surface area is 163 Å². The Bertz CT molecular complexity index is 521. The molecule has 1 heterocycles. The average Bonchev–Trinajstić information content (AvgIpc) is 2.51. The van der Waals surface area contributed by atoms with E-state index in [4.69, 9.17) is 10.5 Å². The van der Waals surface area contributed by atoms with Gasteiger partial charge in [-0.2, -0.15) is 0 Å². The molecule has 1 saturated heterocycles. The quantitative estimate of drug-likeness (QED) is 0.401. The number of hydrogen-bond acceptors (Lipinski definition) is 3. The van der Waals surface area contributed by atoms with Crippen LogP contribution in [0.15, 0.2) is 29.3 Å². The summed E-state index contributed by atoms with van der Waals surface area (Å²) in [6.07, 6.45) is 0.323. The fourth-order valence-corrected chi connectivity index (χ4v) is 2.66. The standard InChI is InChI=1S/C18H30N4O.HI/c1-14(2)10-20-18(19)21-11-16-5-4-6-17(9-16)13-22-7-8-23-15(3)12-22;/h4-6,9,14-15H,7-8,10-13H2,1-3H3,(H3,19,20,21);1H. The molecule has 5 nitrogen and oxygen atoms in total. The predicted octanol–water partition coefficient (Wildman–Crippen LogP) is 2.59. The zero-order valence-corrected chi connectivity index (χ0v) is 17.3. The molecule has 0 aromatic heterocycles. The van der Waals surface area contributed by atoms with Gasteiger partial charge in [0.25, 0.3) is 0 Å². The van der Waals surface area contributed by atoms with E-state index < -0.39 is 0 Å². The monoisotopic (exact) mass is 446 g/mol. The minimum atomic E-state index is 0. The number of halogens is 1. The molecular weight excluding hydrogens is 415 g/mol. The Hall–Kier alpha value is -0.860. The van der Waals surface area contributed by atoms with Crippen molar-refractivity contribution in [1.82, 2.24) is 10.2 Å². The number of benzene rings is 1. The summed E-state index contributed by atoms with van der Waals surface area (Å²) in [5, 5.41) is 3.14. The second-order valence-electron chi connectivity index (χ2n) is 6.71. The number of ether oxygens (including phenoxy) is 1. The Morgan fingerprint density at radius 1 is 1.42 bits per heavy atom. The van der Waals surface area contributed by atoms with Crippen molar-refractivity contribution in [1.29, 1.82) is 0 Å². The fourth-order valence-electron chi connectivity index (χ4n) is 2.66. The molecule has 136 valence electrons. The number of guanidine groups is 1. The lowest BCUT2D eigenvalue weighted by Gasteiger charge is -2.31. The largest absolute Gasteiger partial charge is 0.376 e. The van der Waals surface area contributed by atoms with Crippen molar-refractivity contribution in [2.45, 2.75) is 40.0 Å². The van der Waals surface area contributed by atoms with Crippen molar-refractivity contribution in [2.24, 2.45) is 16.6 Å². The second kappa shape index (κ2) is 10.9. The van der Waals surface area contributed by atoms with Crippen molar-refractivity contribution in [2.75, 3.05) is 26.2 Å². The van der Waals surface area contributed by atoms with Crippen LogP contribution in [-0.4, -0.2) is 43.2 Å². The molecule has 24 heavy (non-hydrogen) atoms. The Kier molecular flexibility index (Phi) is 9.61. The van der Waals surface area contributed by atoms with E-state index in [0.29, 0.717) is 24.5 Å². The number of nitrogens with one attached hydrogen (secondary N) is 1. The molecule has 1 aromatic carbocycles. The van der Waals surface area contributed by atoms with Crippen molar-refractivity contribution < 1.29 is 4.74 Å². The Morgan fingerprint density at radius 3 is 2.88 bits per heavy atom. The van der Waals surface area contributed by atoms with Gasteiger partial charge in [0.15, 0.2) is 5.96 Å². The van der Waals surface area contributed by atoms with Crippen LogP contribution >= 0.6 is 24.0 Å². The van der Waals surface area contributed by atoms with Crippen LogP contribution in [0.5, 0.6) is 0 Å².